The molecule has 0 aliphatic heterocycles. The summed E-state index contributed by atoms with van der Waals surface area (Å²) >= 11 is 3.34. The van der Waals surface area contributed by atoms with Crippen molar-refractivity contribution in [2.24, 2.45) is 0 Å². The van der Waals surface area contributed by atoms with Crippen molar-refractivity contribution < 1.29 is 8.42 Å². The number of hydrogen-bond acceptors (Lipinski definition) is 2. The molecule has 0 spiro atoms. The fraction of sp³-hybridized carbons (Fsp3) is 0.455. The van der Waals surface area contributed by atoms with Crippen molar-refractivity contribution in [2.75, 3.05) is 11.8 Å². The Morgan fingerprint density at radius 1 is 1.35 bits per heavy atom. The highest BCUT2D eigenvalue weighted by Gasteiger charge is 2.20. The molecule has 0 amide bonds. The maximum Gasteiger partial charge on any atom is 0.301 e. The lowest BCUT2D eigenvalue weighted by molar-refractivity contribution is 0.414. The van der Waals surface area contributed by atoms with E-state index in [0.29, 0.717) is 5.69 Å². The minimum Gasteiger partial charge on any atom is -0.270 e. The molecule has 1 N–H and O–H groups in total. The van der Waals surface area contributed by atoms with Crippen LogP contribution < -0.4 is 4.72 Å². The van der Waals surface area contributed by atoms with Crippen LogP contribution in [0.15, 0.2) is 22.7 Å². The van der Waals surface area contributed by atoms with E-state index in [2.05, 4.69) is 20.7 Å². The SMILES string of the molecule is Cc1ccc(NS(=O)(=O)N(C)C(C)C)c(Br)c1. The Kier molecular flexibility index (Phi) is 4.57. The van der Waals surface area contributed by atoms with Crippen molar-refractivity contribution in [3.8, 4) is 0 Å². The Morgan fingerprint density at radius 3 is 2.41 bits per heavy atom. The fourth-order valence-electron chi connectivity index (χ4n) is 1.19. The summed E-state index contributed by atoms with van der Waals surface area (Å²) in [6.07, 6.45) is 0. The molecule has 0 aliphatic rings. The highest BCUT2D eigenvalue weighted by atomic mass is 79.9. The Bertz CT molecular complexity index is 500. The zero-order chi connectivity index (χ0) is 13.2. The van der Waals surface area contributed by atoms with Gasteiger partial charge in [-0.25, -0.2) is 0 Å². The third kappa shape index (κ3) is 3.69. The Morgan fingerprint density at radius 2 is 1.94 bits per heavy atom. The topological polar surface area (TPSA) is 49.4 Å². The normalized spacial score (nSPS) is 12.2. The summed E-state index contributed by atoms with van der Waals surface area (Å²) in [7, 11) is -1.94. The van der Waals surface area contributed by atoms with Crippen LogP contribution in [0.2, 0.25) is 0 Å². The van der Waals surface area contributed by atoms with Crippen LogP contribution in [0.3, 0.4) is 0 Å². The van der Waals surface area contributed by atoms with Crippen LogP contribution in [-0.2, 0) is 10.2 Å². The fourth-order valence-corrected chi connectivity index (χ4v) is 3.07. The first-order valence-electron chi connectivity index (χ1n) is 5.26. The van der Waals surface area contributed by atoms with Gasteiger partial charge in [-0.05, 0) is 54.4 Å². The lowest BCUT2D eigenvalue weighted by atomic mass is 10.2. The molecule has 1 rings (SSSR count). The maximum absolute atomic E-state index is 12.0. The van der Waals surface area contributed by atoms with Crippen LogP contribution in [0.5, 0.6) is 0 Å². The van der Waals surface area contributed by atoms with E-state index >= 15 is 0 Å². The van der Waals surface area contributed by atoms with Crippen molar-refractivity contribution in [3.05, 3.63) is 28.2 Å². The first kappa shape index (κ1) is 14.5. The number of rotatable bonds is 4. The number of nitrogens with one attached hydrogen (secondary N) is 1. The van der Waals surface area contributed by atoms with Gasteiger partial charge in [0.15, 0.2) is 0 Å². The maximum atomic E-state index is 12.0. The van der Waals surface area contributed by atoms with Crippen molar-refractivity contribution in [2.45, 2.75) is 26.8 Å². The van der Waals surface area contributed by atoms with Crippen LogP contribution in [0.4, 0.5) is 5.69 Å². The smallest absolute Gasteiger partial charge is 0.270 e. The molecule has 0 aromatic heterocycles. The molecule has 0 aliphatic carbocycles. The summed E-state index contributed by atoms with van der Waals surface area (Å²) < 4.78 is 28.5. The summed E-state index contributed by atoms with van der Waals surface area (Å²) in [5.74, 6) is 0. The van der Waals surface area contributed by atoms with Crippen molar-refractivity contribution in [3.63, 3.8) is 0 Å². The molecule has 0 saturated heterocycles. The van der Waals surface area contributed by atoms with Crippen LogP contribution in [0.1, 0.15) is 19.4 Å². The van der Waals surface area contributed by atoms with Gasteiger partial charge in [0.2, 0.25) is 0 Å². The highest BCUT2D eigenvalue weighted by Crippen LogP contribution is 2.25. The van der Waals surface area contributed by atoms with Crippen molar-refractivity contribution in [1.29, 1.82) is 0 Å². The minimum atomic E-state index is -3.49. The lowest BCUT2D eigenvalue weighted by Crippen LogP contribution is -2.37. The second-order valence-electron chi connectivity index (χ2n) is 4.20. The van der Waals surface area contributed by atoms with E-state index in [-0.39, 0.29) is 6.04 Å². The molecule has 1 aromatic rings. The number of nitrogens with zero attached hydrogens (tertiary/aromatic N) is 1. The summed E-state index contributed by atoms with van der Waals surface area (Å²) in [4.78, 5) is 0. The predicted octanol–water partition coefficient (Wildman–Crippen LogP) is 2.75. The third-order valence-corrected chi connectivity index (χ3v) is 4.78. The molecular weight excluding hydrogens is 304 g/mol. The van der Waals surface area contributed by atoms with Gasteiger partial charge in [0.05, 0.1) is 5.69 Å². The summed E-state index contributed by atoms with van der Waals surface area (Å²) in [6.45, 7) is 5.59. The van der Waals surface area contributed by atoms with Gasteiger partial charge in [-0.15, -0.1) is 0 Å². The van der Waals surface area contributed by atoms with Crippen LogP contribution in [-0.4, -0.2) is 25.8 Å². The first-order valence-corrected chi connectivity index (χ1v) is 7.49. The summed E-state index contributed by atoms with van der Waals surface area (Å²) in [5.41, 5.74) is 1.61. The van der Waals surface area contributed by atoms with Gasteiger partial charge in [-0.2, -0.15) is 12.7 Å². The number of anilines is 1. The molecule has 0 unspecified atom stereocenters. The van der Waals surface area contributed by atoms with E-state index in [1.54, 1.807) is 13.1 Å². The minimum absolute atomic E-state index is 0.0864. The molecule has 0 bridgehead atoms. The molecule has 0 saturated carbocycles. The quantitative estimate of drug-likeness (QED) is 0.927. The van der Waals surface area contributed by atoms with Gasteiger partial charge >= 0.3 is 10.2 Å². The number of benzene rings is 1. The molecule has 96 valence electrons. The zero-order valence-corrected chi connectivity index (χ0v) is 12.8. The van der Waals surface area contributed by atoms with Gasteiger partial charge < -0.3 is 0 Å². The summed E-state index contributed by atoms with van der Waals surface area (Å²) in [6, 6.07) is 5.38. The standard InChI is InChI=1S/C11H17BrN2O2S/c1-8(2)14(4)17(15,16)13-11-6-5-9(3)7-10(11)12/h5-8,13H,1-4H3. The van der Waals surface area contributed by atoms with Gasteiger partial charge in [0.25, 0.3) is 0 Å². The third-order valence-electron chi connectivity index (χ3n) is 2.47. The van der Waals surface area contributed by atoms with E-state index in [1.165, 1.54) is 4.31 Å². The van der Waals surface area contributed by atoms with Crippen molar-refractivity contribution in [1.82, 2.24) is 4.31 Å². The molecule has 4 nitrogen and oxygen atoms in total. The molecule has 0 radical (unpaired) electrons. The molecular formula is C11H17BrN2O2S. The van der Waals surface area contributed by atoms with Gasteiger partial charge in [0, 0.05) is 17.6 Å². The number of aryl methyl sites for hydroxylation is 1. The van der Waals surface area contributed by atoms with Crippen LogP contribution >= 0.6 is 15.9 Å². The Hall–Kier alpha value is -0.590. The molecule has 6 heteroatoms. The van der Waals surface area contributed by atoms with E-state index in [9.17, 15) is 8.42 Å². The van der Waals surface area contributed by atoms with Crippen LogP contribution in [0.25, 0.3) is 0 Å². The summed E-state index contributed by atoms with van der Waals surface area (Å²) in [5, 5.41) is 0. The predicted molar refractivity (Wildman–Crippen MR) is 74.3 cm³/mol. The second-order valence-corrected chi connectivity index (χ2v) is 6.78. The van der Waals surface area contributed by atoms with Gasteiger partial charge in [-0.1, -0.05) is 6.07 Å². The average molecular weight is 321 g/mol. The number of hydrogen-bond donors (Lipinski definition) is 1. The van der Waals surface area contributed by atoms with E-state index < -0.39 is 10.2 Å². The Labute approximate surface area is 111 Å². The lowest BCUT2D eigenvalue weighted by Gasteiger charge is -2.22. The number of halogens is 1. The van der Waals surface area contributed by atoms with Crippen LogP contribution in [0, 0.1) is 6.92 Å². The van der Waals surface area contributed by atoms with E-state index in [0.717, 1.165) is 10.0 Å². The average Bonchev–Trinajstić information content (AvgIpc) is 2.21. The van der Waals surface area contributed by atoms with Gasteiger partial charge in [0.1, 0.15) is 0 Å². The zero-order valence-electron chi connectivity index (χ0n) is 10.4. The largest absolute Gasteiger partial charge is 0.301 e. The molecule has 17 heavy (non-hydrogen) atoms. The highest BCUT2D eigenvalue weighted by molar-refractivity contribution is 9.10. The van der Waals surface area contributed by atoms with Crippen molar-refractivity contribution >= 4 is 31.8 Å². The first-order chi connectivity index (χ1) is 7.74. The van der Waals surface area contributed by atoms with Gasteiger partial charge in [-0.3, -0.25) is 4.72 Å². The molecule has 0 heterocycles. The Balaban J connectivity index is 2.98. The second kappa shape index (κ2) is 5.37. The van der Waals surface area contributed by atoms with E-state index in [4.69, 9.17) is 0 Å². The molecule has 0 atom stereocenters. The molecule has 0 fully saturated rings. The van der Waals surface area contributed by atoms with E-state index in [1.807, 2.05) is 32.9 Å². The monoisotopic (exact) mass is 320 g/mol. The molecule has 1 aromatic carbocycles.